The van der Waals surface area contributed by atoms with Gasteiger partial charge in [-0.3, -0.25) is 9.36 Å². The van der Waals surface area contributed by atoms with Crippen LogP contribution in [0, 0.1) is 0 Å². The molecule has 90 valence electrons. The molecule has 0 bridgehead atoms. The van der Waals surface area contributed by atoms with Gasteiger partial charge < -0.3 is 13.8 Å². The van der Waals surface area contributed by atoms with Gasteiger partial charge in [-0.1, -0.05) is 13.3 Å². The van der Waals surface area contributed by atoms with Gasteiger partial charge in [0.1, 0.15) is 6.10 Å². The highest BCUT2D eigenvalue weighted by Crippen LogP contribution is 2.47. The topological polar surface area (TPSA) is 61.8 Å². The quantitative estimate of drug-likeness (QED) is 0.502. The van der Waals surface area contributed by atoms with Crippen molar-refractivity contribution < 1.29 is 23.1 Å². The first kappa shape index (κ1) is 14.6. The maximum absolute atomic E-state index is 11.8. The summed E-state index contributed by atoms with van der Waals surface area (Å²) < 4.78 is 26.4. The zero-order valence-electron chi connectivity index (χ0n) is 9.69. The Morgan fingerprint density at radius 1 is 1.33 bits per heavy atom. The van der Waals surface area contributed by atoms with Crippen LogP contribution in [0.1, 0.15) is 26.7 Å². The predicted molar refractivity (Wildman–Crippen MR) is 57.0 cm³/mol. The molecule has 0 spiro atoms. The van der Waals surface area contributed by atoms with E-state index in [9.17, 15) is 9.36 Å². The number of carbonyl (C=O) groups is 1. The number of hydrogen-bond acceptors (Lipinski definition) is 5. The highest BCUT2D eigenvalue weighted by atomic mass is 31.2. The summed E-state index contributed by atoms with van der Waals surface area (Å²) in [6, 6.07) is 0. The van der Waals surface area contributed by atoms with E-state index in [2.05, 4.69) is 0 Å². The molecular weight excluding hydrogens is 219 g/mol. The van der Waals surface area contributed by atoms with Crippen LogP contribution in [-0.2, 0) is 23.1 Å². The number of hydrogen-bond donors (Lipinski definition) is 0. The Labute approximate surface area is 90.6 Å². The molecule has 5 nitrogen and oxygen atoms in total. The predicted octanol–water partition coefficient (Wildman–Crippen LogP) is 2.20. The Bertz CT molecular complexity index is 233. The minimum Gasteiger partial charge on any atom is -0.462 e. The van der Waals surface area contributed by atoms with Crippen molar-refractivity contribution in [3.05, 3.63) is 0 Å². The van der Waals surface area contributed by atoms with E-state index in [-0.39, 0.29) is 12.1 Å². The van der Waals surface area contributed by atoms with E-state index < -0.39 is 13.7 Å². The van der Waals surface area contributed by atoms with Crippen molar-refractivity contribution in [1.29, 1.82) is 0 Å². The third-order valence-corrected chi connectivity index (χ3v) is 3.89. The summed E-state index contributed by atoms with van der Waals surface area (Å²) in [5.74, 6) is -0.382. The molecule has 0 aromatic rings. The van der Waals surface area contributed by atoms with Crippen LogP contribution < -0.4 is 0 Å². The highest BCUT2D eigenvalue weighted by Gasteiger charge is 2.28. The third kappa shape index (κ3) is 5.92. The fourth-order valence-electron chi connectivity index (χ4n) is 1.22. The summed E-state index contributed by atoms with van der Waals surface area (Å²) in [6.07, 6.45) is 1.19. The average Bonchev–Trinajstić information content (AvgIpc) is 2.17. The van der Waals surface area contributed by atoms with Gasteiger partial charge in [0.05, 0.1) is 6.16 Å². The van der Waals surface area contributed by atoms with E-state index in [4.69, 9.17) is 13.8 Å². The van der Waals surface area contributed by atoms with Crippen LogP contribution in [0.5, 0.6) is 0 Å². The maximum atomic E-state index is 11.8. The minimum absolute atomic E-state index is 0.105. The molecule has 0 heterocycles. The third-order valence-electron chi connectivity index (χ3n) is 1.93. The lowest BCUT2D eigenvalue weighted by Crippen LogP contribution is -2.21. The first-order valence-electron chi connectivity index (χ1n) is 4.85. The van der Waals surface area contributed by atoms with E-state index in [0.29, 0.717) is 6.42 Å². The Balaban J connectivity index is 4.37. The molecule has 0 N–H and O–H groups in total. The molecule has 0 saturated heterocycles. The monoisotopic (exact) mass is 238 g/mol. The van der Waals surface area contributed by atoms with Crippen LogP contribution in [0.15, 0.2) is 0 Å². The molecule has 15 heavy (non-hydrogen) atoms. The largest absolute Gasteiger partial charge is 0.462 e. The van der Waals surface area contributed by atoms with Crippen LogP contribution in [-0.4, -0.2) is 32.5 Å². The Hall–Kier alpha value is -0.380. The molecule has 6 heteroatoms. The van der Waals surface area contributed by atoms with Gasteiger partial charge in [-0.25, -0.2) is 0 Å². The maximum Gasteiger partial charge on any atom is 0.333 e. The zero-order valence-corrected chi connectivity index (χ0v) is 10.6. The molecule has 0 amide bonds. The van der Waals surface area contributed by atoms with Crippen molar-refractivity contribution in [1.82, 2.24) is 0 Å². The fraction of sp³-hybridized carbons (Fsp3) is 0.889. The van der Waals surface area contributed by atoms with E-state index in [1.54, 1.807) is 0 Å². The van der Waals surface area contributed by atoms with Crippen LogP contribution in [0.4, 0.5) is 0 Å². The van der Waals surface area contributed by atoms with Gasteiger partial charge in [0.25, 0.3) is 0 Å². The van der Waals surface area contributed by atoms with Gasteiger partial charge in [0.2, 0.25) is 0 Å². The molecule has 1 atom stereocenters. The molecule has 0 saturated carbocycles. The second-order valence-electron chi connectivity index (χ2n) is 3.18. The Morgan fingerprint density at radius 2 is 1.87 bits per heavy atom. The summed E-state index contributed by atoms with van der Waals surface area (Å²) in [4.78, 5) is 10.8. The van der Waals surface area contributed by atoms with Crippen LogP contribution in [0.25, 0.3) is 0 Å². The lowest BCUT2D eigenvalue weighted by atomic mass is 10.2. The molecule has 0 aliphatic rings. The summed E-state index contributed by atoms with van der Waals surface area (Å²) in [5, 5.41) is 0. The SMILES string of the molecule is CCCC(CP(=O)(OC)OC)OC(C)=O. The molecule has 0 aromatic heterocycles. The number of ether oxygens (including phenoxy) is 1. The molecule has 0 aromatic carbocycles. The number of esters is 1. The molecule has 0 fully saturated rings. The van der Waals surface area contributed by atoms with Gasteiger partial charge in [0.15, 0.2) is 0 Å². The summed E-state index contributed by atoms with van der Waals surface area (Å²) in [7, 11) is -0.459. The van der Waals surface area contributed by atoms with Crippen LogP contribution in [0.2, 0.25) is 0 Å². The normalized spacial score (nSPS) is 13.6. The van der Waals surface area contributed by atoms with E-state index in [1.165, 1.54) is 21.1 Å². The smallest absolute Gasteiger partial charge is 0.333 e. The zero-order chi connectivity index (χ0) is 11.9. The number of rotatable bonds is 7. The first-order chi connectivity index (χ1) is 6.97. The molecule has 0 rings (SSSR count). The van der Waals surface area contributed by atoms with E-state index in [1.807, 2.05) is 6.92 Å². The second-order valence-corrected chi connectivity index (χ2v) is 5.50. The Morgan fingerprint density at radius 3 is 2.20 bits per heavy atom. The van der Waals surface area contributed by atoms with Gasteiger partial charge in [-0.2, -0.15) is 0 Å². The molecular formula is C9H19O5P. The standard InChI is InChI=1S/C9H19O5P/c1-5-6-9(14-8(2)10)7-15(11,12-3)13-4/h9H,5-7H2,1-4H3. The Kier molecular flexibility index (Phi) is 6.81. The van der Waals surface area contributed by atoms with Crippen LogP contribution in [0.3, 0.4) is 0 Å². The van der Waals surface area contributed by atoms with Gasteiger partial charge in [0, 0.05) is 21.1 Å². The van der Waals surface area contributed by atoms with Gasteiger partial charge in [-0.15, -0.1) is 0 Å². The highest BCUT2D eigenvalue weighted by molar-refractivity contribution is 7.53. The van der Waals surface area contributed by atoms with Crippen molar-refractivity contribution in [2.45, 2.75) is 32.8 Å². The van der Waals surface area contributed by atoms with E-state index in [0.717, 1.165) is 6.42 Å². The van der Waals surface area contributed by atoms with Gasteiger partial charge >= 0.3 is 13.6 Å². The lowest BCUT2D eigenvalue weighted by molar-refractivity contribution is -0.145. The molecule has 0 aliphatic heterocycles. The second kappa shape index (κ2) is 6.99. The first-order valence-corrected chi connectivity index (χ1v) is 6.58. The van der Waals surface area contributed by atoms with E-state index >= 15 is 0 Å². The fourth-order valence-corrected chi connectivity index (χ4v) is 2.42. The minimum atomic E-state index is -3.10. The molecule has 0 radical (unpaired) electrons. The molecule has 1 unspecified atom stereocenters. The lowest BCUT2D eigenvalue weighted by Gasteiger charge is -2.20. The molecule has 0 aliphatic carbocycles. The van der Waals surface area contributed by atoms with Crippen molar-refractivity contribution in [2.75, 3.05) is 20.4 Å². The van der Waals surface area contributed by atoms with Crippen molar-refractivity contribution in [3.63, 3.8) is 0 Å². The summed E-state index contributed by atoms with van der Waals surface area (Å²) in [6.45, 7) is 3.29. The van der Waals surface area contributed by atoms with Crippen molar-refractivity contribution >= 4 is 13.6 Å². The average molecular weight is 238 g/mol. The van der Waals surface area contributed by atoms with Crippen molar-refractivity contribution in [3.8, 4) is 0 Å². The van der Waals surface area contributed by atoms with Crippen LogP contribution >= 0.6 is 7.60 Å². The van der Waals surface area contributed by atoms with Crippen molar-refractivity contribution in [2.24, 2.45) is 0 Å². The summed E-state index contributed by atoms with van der Waals surface area (Å²) in [5.41, 5.74) is 0. The number of carbonyl (C=O) groups excluding carboxylic acids is 1. The summed E-state index contributed by atoms with van der Waals surface area (Å²) >= 11 is 0. The van der Waals surface area contributed by atoms with Gasteiger partial charge in [-0.05, 0) is 6.42 Å².